The first-order valence-corrected chi connectivity index (χ1v) is 6.62. The molecular formula is C14H21N3O. The summed E-state index contributed by atoms with van der Waals surface area (Å²) in [6.07, 6.45) is 5.50. The Labute approximate surface area is 109 Å². The van der Waals surface area contributed by atoms with E-state index in [0.717, 1.165) is 18.8 Å². The van der Waals surface area contributed by atoms with Crippen LogP contribution in [0.15, 0.2) is 24.4 Å². The van der Waals surface area contributed by atoms with Gasteiger partial charge in [0.05, 0.1) is 18.8 Å². The highest BCUT2D eigenvalue weighted by molar-refractivity contribution is 5.77. The highest BCUT2D eigenvalue weighted by Gasteiger charge is 2.16. The third-order valence-electron chi connectivity index (χ3n) is 3.36. The second kappa shape index (κ2) is 6.50. The molecule has 0 unspecified atom stereocenters. The van der Waals surface area contributed by atoms with Crippen LogP contribution in [0.5, 0.6) is 0 Å². The second-order valence-electron chi connectivity index (χ2n) is 4.91. The SMILES string of the molecule is CN(Cc1ccccn1)C(=O)CN1CCCCC1. The third kappa shape index (κ3) is 3.81. The molecule has 1 amide bonds. The van der Waals surface area contributed by atoms with E-state index in [1.54, 1.807) is 11.1 Å². The van der Waals surface area contributed by atoms with Crippen LogP contribution in [0.1, 0.15) is 25.0 Å². The van der Waals surface area contributed by atoms with Crippen LogP contribution in [-0.4, -0.2) is 47.4 Å². The summed E-state index contributed by atoms with van der Waals surface area (Å²) in [5.41, 5.74) is 0.937. The van der Waals surface area contributed by atoms with Crippen LogP contribution < -0.4 is 0 Å². The number of piperidine rings is 1. The summed E-state index contributed by atoms with van der Waals surface area (Å²) in [6, 6.07) is 5.79. The lowest BCUT2D eigenvalue weighted by atomic mass is 10.1. The van der Waals surface area contributed by atoms with Crippen molar-refractivity contribution in [2.75, 3.05) is 26.7 Å². The molecule has 98 valence electrons. The first kappa shape index (κ1) is 13.0. The van der Waals surface area contributed by atoms with Crippen molar-refractivity contribution in [1.82, 2.24) is 14.8 Å². The highest BCUT2D eigenvalue weighted by atomic mass is 16.2. The predicted molar refractivity (Wildman–Crippen MR) is 71.0 cm³/mol. The van der Waals surface area contributed by atoms with Crippen molar-refractivity contribution >= 4 is 5.91 Å². The summed E-state index contributed by atoms with van der Waals surface area (Å²) >= 11 is 0. The van der Waals surface area contributed by atoms with E-state index in [1.807, 2.05) is 25.2 Å². The quantitative estimate of drug-likeness (QED) is 0.809. The van der Waals surface area contributed by atoms with Crippen molar-refractivity contribution in [2.45, 2.75) is 25.8 Å². The van der Waals surface area contributed by atoms with Crippen LogP contribution in [0, 0.1) is 0 Å². The number of pyridine rings is 1. The number of hydrogen-bond donors (Lipinski definition) is 0. The third-order valence-corrected chi connectivity index (χ3v) is 3.36. The topological polar surface area (TPSA) is 36.4 Å². The Hall–Kier alpha value is -1.42. The smallest absolute Gasteiger partial charge is 0.236 e. The van der Waals surface area contributed by atoms with Gasteiger partial charge >= 0.3 is 0 Å². The molecule has 0 atom stereocenters. The number of hydrogen-bond acceptors (Lipinski definition) is 3. The van der Waals surface area contributed by atoms with Gasteiger partial charge in [-0.1, -0.05) is 12.5 Å². The zero-order valence-electron chi connectivity index (χ0n) is 11.0. The monoisotopic (exact) mass is 247 g/mol. The summed E-state index contributed by atoms with van der Waals surface area (Å²) in [7, 11) is 1.85. The van der Waals surface area contributed by atoms with E-state index in [2.05, 4.69) is 9.88 Å². The standard InChI is InChI=1S/C14H21N3O/c1-16(11-13-7-3-4-8-15-13)14(18)12-17-9-5-2-6-10-17/h3-4,7-8H,2,5-6,9-12H2,1H3. The number of likely N-dealkylation sites (N-methyl/N-ethyl adjacent to an activating group) is 1. The lowest BCUT2D eigenvalue weighted by Gasteiger charge is -2.27. The van der Waals surface area contributed by atoms with E-state index in [1.165, 1.54) is 19.3 Å². The zero-order chi connectivity index (χ0) is 12.8. The molecular weight excluding hydrogens is 226 g/mol. The minimum atomic E-state index is 0.183. The van der Waals surface area contributed by atoms with E-state index in [0.29, 0.717) is 13.1 Å². The van der Waals surface area contributed by atoms with E-state index in [9.17, 15) is 4.79 Å². The molecule has 2 rings (SSSR count). The molecule has 0 N–H and O–H groups in total. The molecule has 2 heterocycles. The molecule has 1 aliphatic heterocycles. The van der Waals surface area contributed by atoms with Crippen LogP contribution in [0.25, 0.3) is 0 Å². The molecule has 0 saturated carbocycles. The molecule has 0 bridgehead atoms. The van der Waals surface area contributed by atoms with Gasteiger partial charge in [-0.3, -0.25) is 14.7 Å². The van der Waals surface area contributed by atoms with Crippen LogP contribution in [0.3, 0.4) is 0 Å². The molecule has 1 aromatic rings. The Morgan fingerprint density at radius 1 is 1.33 bits per heavy atom. The first-order valence-electron chi connectivity index (χ1n) is 6.62. The number of carbonyl (C=O) groups excluding carboxylic acids is 1. The summed E-state index contributed by atoms with van der Waals surface area (Å²) in [4.78, 5) is 20.3. The largest absolute Gasteiger partial charge is 0.339 e. The van der Waals surface area contributed by atoms with Gasteiger partial charge in [0.2, 0.25) is 5.91 Å². The number of aromatic nitrogens is 1. The maximum Gasteiger partial charge on any atom is 0.236 e. The van der Waals surface area contributed by atoms with E-state index in [4.69, 9.17) is 0 Å². The first-order chi connectivity index (χ1) is 8.75. The average Bonchev–Trinajstić information content (AvgIpc) is 2.41. The van der Waals surface area contributed by atoms with Crippen molar-refractivity contribution in [1.29, 1.82) is 0 Å². The summed E-state index contributed by atoms with van der Waals surface area (Å²) in [6.45, 7) is 3.25. The number of likely N-dealkylation sites (tertiary alicyclic amines) is 1. The Bertz CT molecular complexity index is 374. The molecule has 1 aromatic heterocycles. The van der Waals surface area contributed by atoms with Gasteiger partial charge in [-0.25, -0.2) is 0 Å². The lowest BCUT2D eigenvalue weighted by molar-refractivity contribution is -0.131. The summed E-state index contributed by atoms with van der Waals surface area (Å²) in [5, 5.41) is 0. The maximum absolute atomic E-state index is 12.1. The van der Waals surface area contributed by atoms with E-state index in [-0.39, 0.29) is 5.91 Å². The molecule has 0 radical (unpaired) electrons. The molecule has 4 nitrogen and oxygen atoms in total. The Kier molecular flexibility index (Phi) is 4.70. The predicted octanol–water partition coefficient (Wildman–Crippen LogP) is 1.53. The van der Waals surface area contributed by atoms with Gasteiger partial charge in [0, 0.05) is 13.2 Å². The fraction of sp³-hybridized carbons (Fsp3) is 0.571. The summed E-state index contributed by atoms with van der Waals surface area (Å²) < 4.78 is 0. The molecule has 1 aliphatic rings. The molecule has 0 aromatic carbocycles. The molecule has 18 heavy (non-hydrogen) atoms. The number of nitrogens with zero attached hydrogens (tertiary/aromatic N) is 3. The van der Waals surface area contributed by atoms with Crippen molar-refractivity contribution in [2.24, 2.45) is 0 Å². The van der Waals surface area contributed by atoms with Crippen molar-refractivity contribution in [3.05, 3.63) is 30.1 Å². The van der Waals surface area contributed by atoms with E-state index >= 15 is 0 Å². The maximum atomic E-state index is 12.1. The Morgan fingerprint density at radius 2 is 2.11 bits per heavy atom. The van der Waals surface area contributed by atoms with Gasteiger partial charge in [-0.05, 0) is 38.1 Å². The molecule has 0 aliphatic carbocycles. The minimum absolute atomic E-state index is 0.183. The second-order valence-corrected chi connectivity index (χ2v) is 4.91. The summed E-state index contributed by atoms with van der Waals surface area (Å²) in [5.74, 6) is 0.183. The Balaban J connectivity index is 1.81. The zero-order valence-corrected chi connectivity index (χ0v) is 11.0. The van der Waals surface area contributed by atoms with Gasteiger partial charge in [-0.15, -0.1) is 0 Å². The van der Waals surface area contributed by atoms with Crippen LogP contribution >= 0.6 is 0 Å². The van der Waals surface area contributed by atoms with Crippen molar-refractivity contribution in [3.8, 4) is 0 Å². The molecule has 0 spiro atoms. The Morgan fingerprint density at radius 3 is 2.78 bits per heavy atom. The van der Waals surface area contributed by atoms with E-state index < -0.39 is 0 Å². The van der Waals surface area contributed by atoms with Crippen LogP contribution in [0.4, 0.5) is 0 Å². The van der Waals surface area contributed by atoms with Gasteiger partial charge in [0.1, 0.15) is 0 Å². The fourth-order valence-corrected chi connectivity index (χ4v) is 2.25. The van der Waals surface area contributed by atoms with Crippen molar-refractivity contribution < 1.29 is 4.79 Å². The molecule has 1 saturated heterocycles. The van der Waals surface area contributed by atoms with Gasteiger partial charge < -0.3 is 4.90 Å². The van der Waals surface area contributed by atoms with Crippen LogP contribution in [-0.2, 0) is 11.3 Å². The van der Waals surface area contributed by atoms with Gasteiger partial charge in [0.25, 0.3) is 0 Å². The average molecular weight is 247 g/mol. The molecule has 1 fully saturated rings. The lowest BCUT2D eigenvalue weighted by Crippen LogP contribution is -2.40. The number of rotatable bonds is 4. The van der Waals surface area contributed by atoms with Gasteiger partial charge in [0.15, 0.2) is 0 Å². The van der Waals surface area contributed by atoms with Crippen LogP contribution in [0.2, 0.25) is 0 Å². The highest BCUT2D eigenvalue weighted by Crippen LogP contribution is 2.09. The van der Waals surface area contributed by atoms with Crippen molar-refractivity contribution in [3.63, 3.8) is 0 Å². The fourth-order valence-electron chi connectivity index (χ4n) is 2.25. The van der Waals surface area contributed by atoms with Gasteiger partial charge in [-0.2, -0.15) is 0 Å². The normalized spacial score (nSPS) is 16.5. The minimum Gasteiger partial charge on any atom is -0.339 e. The number of amides is 1. The molecule has 4 heteroatoms. The number of carbonyl (C=O) groups is 1.